The first-order chi connectivity index (χ1) is 14.9. The first-order valence-electron chi connectivity index (χ1n) is 9.86. The zero-order valence-electron chi connectivity index (χ0n) is 17.5. The van der Waals surface area contributed by atoms with Crippen LogP contribution in [0.4, 0.5) is 5.69 Å². The third kappa shape index (κ3) is 4.16. The quantitative estimate of drug-likeness (QED) is 0.498. The molecule has 4 rings (SSSR count). The van der Waals surface area contributed by atoms with Gasteiger partial charge in [-0.05, 0) is 31.5 Å². The van der Waals surface area contributed by atoms with Crippen molar-refractivity contribution in [1.82, 2.24) is 14.8 Å². The normalized spacial score (nSPS) is 10.8. The largest absolute Gasteiger partial charge is 0.452 e. The van der Waals surface area contributed by atoms with E-state index in [0.29, 0.717) is 33.7 Å². The molecule has 2 heterocycles. The number of benzene rings is 2. The summed E-state index contributed by atoms with van der Waals surface area (Å²) < 4.78 is 6.95. The van der Waals surface area contributed by atoms with Crippen molar-refractivity contribution in [2.24, 2.45) is 7.05 Å². The van der Waals surface area contributed by atoms with E-state index in [9.17, 15) is 9.59 Å². The summed E-state index contributed by atoms with van der Waals surface area (Å²) >= 11 is 0. The lowest BCUT2D eigenvalue weighted by atomic mass is 10.0. The van der Waals surface area contributed by atoms with Gasteiger partial charge in [0.05, 0.1) is 16.6 Å². The van der Waals surface area contributed by atoms with Crippen molar-refractivity contribution in [2.45, 2.75) is 13.8 Å². The minimum atomic E-state index is -0.585. The smallest absolute Gasteiger partial charge is 0.339 e. The van der Waals surface area contributed by atoms with Crippen LogP contribution in [-0.2, 0) is 16.6 Å². The highest BCUT2D eigenvalue weighted by atomic mass is 16.5. The number of aryl methyl sites for hydroxylation is 3. The van der Waals surface area contributed by atoms with Gasteiger partial charge < -0.3 is 10.1 Å². The lowest BCUT2D eigenvalue weighted by molar-refractivity contribution is -0.119. The van der Waals surface area contributed by atoms with Gasteiger partial charge in [0, 0.05) is 24.0 Å². The topological polar surface area (TPSA) is 86.1 Å². The summed E-state index contributed by atoms with van der Waals surface area (Å²) in [6.45, 7) is 3.21. The van der Waals surface area contributed by atoms with Gasteiger partial charge in [0.2, 0.25) is 0 Å². The first kappa shape index (κ1) is 20.3. The molecule has 0 aliphatic carbocycles. The lowest BCUT2D eigenvalue weighted by Crippen LogP contribution is -2.21. The van der Waals surface area contributed by atoms with Gasteiger partial charge in [0.15, 0.2) is 12.3 Å². The number of para-hydroxylation sites is 1. The van der Waals surface area contributed by atoms with E-state index in [0.717, 1.165) is 11.1 Å². The molecule has 0 aliphatic heterocycles. The zero-order valence-corrected chi connectivity index (χ0v) is 17.5. The Morgan fingerprint density at radius 3 is 2.52 bits per heavy atom. The summed E-state index contributed by atoms with van der Waals surface area (Å²) in [7, 11) is 1.77. The number of pyridine rings is 1. The Labute approximate surface area is 179 Å². The van der Waals surface area contributed by atoms with Crippen LogP contribution >= 0.6 is 0 Å². The standard InChI is InChI=1S/C24H22N4O3/c1-15-13-19(22-16(2)27-28(3)23(22)25-15)24(30)31-14-21(29)26-20-12-8-7-11-18(20)17-9-5-4-6-10-17/h4-13H,14H2,1-3H3,(H,26,29). The minimum Gasteiger partial charge on any atom is -0.452 e. The van der Waals surface area contributed by atoms with Gasteiger partial charge in [-0.1, -0.05) is 48.5 Å². The summed E-state index contributed by atoms with van der Waals surface area (Å²) in [6, 6.07) is 18.9. The second-order valence-electron chi connectivity index (χ2n) is 7.25. The number of aromatic nitrogens is 3. The van der Waals surface area contributed by atoms with Crippen LogP contribution in [0.15, 0.2) is 60.7 Å². The zero-order chi connectivity index (χ0) is 22.0. The third-order valence-corrected chi connectivity index (χ3v) is 4.94. The van der Waals surface area contributed by atoms with Crippen molar-refractivity contribution in [2.75, 3.05) is 11.9 Å². The molecular weight excluding hydrogens is 392 g/mol. The van der Waals surface area contributed by atoms with Gasteiger partial charge in [0.25, 0.3) is 5.91 Å². The van der Waals surface area contributed by atoms with Crippen molar-refractivity contribution >= 4 is 28.6 Å². The van der Waals surface area contributed by atoms with Gasteiger partial charge in [-0.2, -0.15) is 5.10 Å². The number of nitrogens with one attached hydrogen (secondary N) is 1. The summed E-state index contributed by atoms with van der Waals surface area (Å²) in [5.74, 6) is -1.00. The first-order valence-corrected chi connectivity index (χ1v) is 9.86. The lowest BCUT2D eigenvalue weighted by Gasteiger charge is -2.12. The second-order valence-corrected chi connectivity index (χ2v) is 7.25. The Morgan fingerprint density at radius 1 is 1.03 bits per heavy atom. The second kappa shape index (κ2) is 8.39. The van der Waals surface area contributed by atoms with E-state index in [4.69, 9.17) is 4.74 Å². The predicted molar refractivity (Wildman–Crippen MR) is 119 cm³/mol. The molecule has 0 saturated carbocycles. The Kier molecular flexibility index (Phi) is 5.49. The van der Waals surface area contributed by atoms with E-state index in [1.165, 1.54) is 0 Å². The number of nitrogens with zero attached hydrogens (tertiary/aromatic N) is 3. The van der Waals surface area contributed by atoms with E-state index in [1.807, 2.05) is 61.5 Å². The highest BCUT2D eigenvalue weighted by molar-refractivity contribution is 6.05. The fraction of sp³-hybridized carbons (Fsp3) is 0.167. The highest BCUT2D eigenvalue weighted by Crippen LogP contribution is 2.27. The Bertz CT molecular complexity index is 1280. The fourth-order valence-corrected chi connectivity index (χ4v) is 3.59. The molecule has 0 atom stereocenters. The maximum absolute atomic E-state index is 12.8. The maximum atomic E-state index is 12.8. The number of amides is 1. The number of anilines is 1. The number of hydrogen-bond acceptors (Lipinski definition) is 5. The van der Waals surface area contributed by atoms with Crippen LogP contribution in [0.25, 0.3) is 22.2 Å². The molecule has 0 fully saturated rings. The van der Waals surface area contributed by atoms with Crippen LogP contribution in [0.1, 0.15) is 21.7 Å². The summed E-state index contributed by atoms with van der Waals surface area (Å²) in [4.78, 5) is 29.7. The summed E-state index contributed by atoms with van der Waals surface area (Å²) in [5, 5.41) is 7.80. The Morgan fingerprint density at radius 2 is 1.74 bits per heavy atom. The van der Waals surface area contributed by atoms with Gasteiger partial charge >= 0.3 is 5.97 Å². The molecule has 0 spiro atoms. The molecule has 2 aromatic heterocycles. The average molecular weight is 414 g/mol. The van der Waals surface area contributed by atoms with Gasteiger partial charge in [-0.25, -0.2) is 9.78 Å². The summed E-state index contributed by atoms with van der Waals surface area (Å²) in [6.07, 6.45) is 0. The molecule has 0 unspecified atom stereocenters. The van der Waals surface area contributed by atoms with Crippen LogP contribution in [0.3, 0.4) is 0 Å². The molecule has 0 bridgehead atoms. The highest BCUT2D eigenvalue weighted by Gasteiger charge is 2.20. The Hall–Kier alpha value is -4.00. The number of rotatable bonds is 5. The third-order valence-electron chi connectivity index (χ3n) is 4.94. The van der Waals surface area contributed by atoms with Gasteiger partial charge in [-0.15, -0.1) is 0 Å². The molecule has 0 radical (unpaired) electrons. The van der Waals surface area contributed by atoms with Crippen molar-refractivity contribution < 1.29 is 14.3 Å². The number of fused-ring (bicyclic) bond motifs is 1. The molecule has 0 aliphatic rings. The van der Waals surface area contributed by atoms with Gasteiger partial charge in [-0.3, -0.25) is 9.48 Å². The van der Waals surface area contributed by atoms with Gasteiger partial charge in [0.1, 0.15) is 0 Å². The van der Waals surface area contributed by atoms with E-state index in [1.54, 1.807) is 24.7 Å². The van der Waals surface area contributed by atoms with Crippen LogP contribution < -0.4 is 5.32 Å². The van der Waals surface area contributed by atoms with Crippen molar-refractivity contribution in [3.8, 4) is 11.1 Å². The number of hydrogen-bond donors (Lipinski definition) is 1. The molecule has 7 nitrogen and oxygen atoms in total. The fourth-order valence-electron chi connectivity index (χ4n) is 3.59. The SMILES string of the molecule is Cc1cc(C(=O)OCC(=O)Nc2ccccc2-c2ccccc2)c2c(C)nn(C)c2n1. The molecule has 1 amide bonds. The molecule has 0 saturated heterocycles. The predicted octanol–water partition coefficient (Wildman–Crippen LogP) is 4.05. The Balaban J connectivity index is 1.50. The number of carbonyl (C=O) groups excluding carboxylic acids is 2. The van der Waals surface area contributed by atoms with Crippen LogP contribution in [0, 0.1) is 13.8 Å². The van der Waals surface area contributed by atoms with Crippen LogP contribution in [0.5, 0.6) is 0 Å². The van der Waals surface area contributed by atoms with E-state index in [2.05, 4.69) is 15.4 Å². The molecule has 156 valence electrons. The van der Waals surface area contributed by atoms with Crippen molar-refractivity contribution in [3.63, 3.8) is 0 Å². The van der Waals surface area contributed by atoms with Crippen LogP contribution in [0.2, 0.25) is 0 Å². The van der Waals surface area contributed by atoms with E-state index >= 15 is 0 Å². The summed E-state index contributed by atoms with van der Waals surface area (Å²) in [5.41, 5.74) is 4.83. The van der Waals surface area contributed by atoms with Crippen LogP contribution in [-0.4, -0.2) is 33.2 Å². The molecule has 31 heavy (non-hydrogen) atoms. The molecular formula is C24H22N4O3. The van der Waals surface area contributed by atoms with Crippen molar-refractivity contribution in [1.29, 1.82) is 0 Å². The number of ether oxygens (including phenoxy) is 1. The monoisotopic (exact) mass is 414 g/mol. The molecule has 7 heteroatoms. The number of esters is 1. The maximum Gasteiger partial charge on any atom is 0.339 e. The van der Waals surface area contributed by atoms with E-state index in [-0.39, 0.29) is 0 Å². The molecule has 1 N–H and O–H groups in total. The van der Waals surface area contributed by atoms with Crippen molar-refractivity contribution in [3.05, 3.63) is 77.6 Å². The average Bonchev–Trinajstić information content (AvgIpc) is 3.05. The molecule has 2 aromatic carbocycles. The van der Waals surface area contributed by atoms with E-state index < -0.39 is 18.5 Å². The molecule has 4 aromatic rings. The minimum absolute atomic E-state index is 0.352. The number of carbonyl (C=O) groups is 2.